The number of methoxy groups -OCH3 is 2. The van der Waals surface area contributed by atoms with Gasteiger partial charge in [-0.3, -0.25) is 0 Å². The zero-order chi connectivity index (χ0) is 23.8. The number of anilines is 3. The smallest absolute Gasteiger partial charge is 0.229 e. The molecule has 180 valence electrons. The number of nitrogens with zero attached hydrogens (tertiary/aromatic N) is 3. The van der Waals surface area contributed by atoms with Gasteiger partial charge >= 0.3 is 0 Å². The SMILES string of the molecule is COc1cc(CNc2nc(NCc3ccc(C)cc3)nc(NC3CCCCC3)n2)cc(OC)c1. The van der Waals surface area contributed by atoms with Crippen LogP contribution < -0.4 is 25.4 Å². The number of rotatable bonds is 10. The zero-order valence-electron chi connectivity index (χ0n) is 20.2. The molecule has 0 saturated heterocycles. The summed E-state index contributed by atoms with van der Waals surface area (Å²) in [5.74, 6) is 3.14. The van der Waals surface area contributed by atoms with Gasteiger partial charge < -0.3 is 25.4 Å². The van der Waals surface area contributed by atoms with Crippen LogP contribution >= 0.6 is 0 Å². The number of aryl methyl sites for hydroxylation is 1. The summed E-state index contributed by atoms with van der Waals surface area (Å²) < 4.78 is 10.8. The first-order chi connectivity index (χ1) is 16.6. The van der Waals surface area contributed by atoms with E-state index in [0.29, 0.717) is 37.0 Å². The van der Waals surface area contributed by atoms with Crippen molar-refractivity contribution < 1.29 is 9.47 Å². The molecule has 0 aliphatic heterocycles. The average molecular weight is 463 g/mol. The van der Waals surface area contributed by atoms with Gasteiger partial charge in [0, 0.05) is 25.2 Å². The third-order valence-electron chi connectivity index (χ3n) is 6.01. The summed E-state index contributed by atoms with van der Waals surface area (Å²) in [6, 6.07) is 14.6. The predicted octanol–water partition coefficient (Wildman–Crippen LogP) is 5.17. The van der Waals surface area contributed by atoms with Crippen LogP contribution in [0.3, 0.4) is 0 Å². The normalized spacial score (nSPS) is 13.9. The number of ether oxygens (including phenoxy) is 2. The van der Waals surface area contributed by atoms with E-state index in [0.717, 1.165) is 29.9 Å². The van der Waals surface area contributed by atoms with E-state index in [-0.39, 0.29) is 0 Å². The zero-order valence-corrected chi connectivity index (χ0v) is 20.2. The lowest BCUT2D eigenvalue weighted by molar-refractivity contribution is 0.393. The van der Waals surface area contributed by atoms with Gasteiger partial charge in [0.1, 0.15) is 11.5 Å². The van der Waals surface area contributed by atoms with Crippen molar-refractivity contribution in [3.63, 3.8) is 0 Å². The predicted molar refractivity (Wildman–Crippen MR) is 136 cm³/mol. The minimum Gasteiger partial charge on any atom is -0.497 e. The van der Waals surface area contributed by atoms with E-state index >= 15 is 0 Å². The van der Waals surface area contributed by atoms with Crippen molar-refractivity contribution in [3.05, 3.63) is 59.2 Å². The lowest BCUT2D eigenvalue weighted by Crippen LogP contribution is -2.24. The molecule has 3 aromatic rings. The van der Waals surface area contributed by atoms with E-state index in [4.69, 9.17) is 9.47 Å². The minimum absolute atomic E-state index is 0.400. The standard InChI is InChI=1S/C26H34N6O2/c1-18-9-11-19(12-10-18)16-27-24-30-25(32-26(31-24)29-21-7-5-4-6-8-21)28-17-20-13-22(33-2)15-23(14-20)34-3/h9-15,21H,4-8,16-17H2,1-3H3,(H3,27,28,29,30,31,32). The van der Waals surface area contributed by atoms with Gasteiger partial charge in [-0.15, -0.1) is 0 Å². The molecule has 0 atom stereocenters. The van der Waals surface area contributed by atoms with Crippen LogP contribution in [0.1, 0.15) is 48.8 Å². The van der Waals surface area contributed by atoms with E-state index in [2.05, 4.69) is 62.1 Å². The fraction of sp³-hybridized carbons (Fsp3) is 0.423. The Hall–Kier alpha value is -3.55. The molecule has 1 aromatic heterocycles. The van der Waals surface area contributed by atoms with Gasteiger partial charge in [-0.1, -0.05) is 49.1 Å². The van der Waals surface area contributed by atoms with E-state index < -0.39 is 0 Å². The molecule has 3 N–H and O–H groups in total. The molecule has 8 heteroatoms. The maximum absolute atomic E-state index is 5.38. The van der Waals surface area contributed by atoms with Crippen LogP contribution in [0, 0.1) is 6.92 Å². The molecule has 0 radical (unpaired) electrons. The van der Waals surface area contributed by atoms with Gasteiger partial charge in [0.2, 0.25) is 17.8 Å². The number of hydrogen-bond donors (Lipinski definition) is 3. The fourth-order valence-electron chi connectivity index (χ4n) is 4.06. The molecule has 0 amide bonds. The summed E-state index contributed by atoms with van der Waals surface area (Å²) in [6.07, 6.45) is 6.07. The molecule has 0 unspecified atom stereocenters. The van der Waals surface area contributed by atoms with Crippen LogP contribution in [0.5, 0.6) is 11.5 Å². The highest BCUT2D eigenvalue weighted by Gasteiger charge is 2.16. The van der Waals surface area contributed by atoms with Crippen molar-refractivity contribution in [2.45, 2.75) is 58.2 Å². The first-order valence-electron chi connectivity index (χ1n) is 11.9. The maximum atomic E-state index is 5.38. The Kier molecular flexibility index (Phi) is 8.01. The monoisotopic (exact) mass is 462 g/mol. The largest absolute Gasteiger partial charge is 0.497 e. The van der Waals surface area contributed by atoms with Crippen LogP contribution in [0.25, 0.3) is 0 Å². The van der Waals surface area contributed by atoms with Crippen molar-refractivity contribution in [3.8, 4) is 11.5 Å². The second kappa shape index (κ2) is 11.5. The molecule has 0 bridgehead atoms. The first kappa shape index (κ1) is 23.6. The van der Waals surface area contributed by atoms with E-state index in [9.17, 15) is 0 Å². The van der Waals surface area contributed by atoms with E-state index in [1.54, 1.807) is 14.2 Å². The first-order valence-corrected chi connectivity index (χ1v) is 11.9. The lowest BCUT2D eigenvalue weighted by Gasteiger charge is -2.23. The number of nitrogens with one attached hydrogen (secondary N) is 3. The van der Waals surface area contributed by atoms with E-state index in [1.165, 1.54) is 30.4 Å². The molecule has 34 heavy (non-hydrogen) atoms. The van der Waals surface area contributed by atoms with Gasteiger partial charge in [0.15, 0.2) is 0 Å². The van der Waals surface area contributed by atoms with Crippen molar-refractivity contribution >= 4 is 17.8 Å². The third-order valence-corrected chi connectivity index (χ3v) is 6.01. The third kappa shape index (κ3) is 6.73. The number of aromatic nitrogens is 3. The number of benzene rings is 2. The Morgan fingerprint density at radius 3 is 1.88 bits per heavy atom. The Labute approximate surface area is 201 Å². The Balaban J connectivity index is 1.50. The summed E-state index contributed by atoms with van der Waals surface area (Å²) in [7, 11) is 3.29. The second-order valence-corrected chi connectivity index (χ2v) is 8.70. The second-order valence-electron chi connectivity index (χ2n) is 8.70. The molecular weight excluding hydrogens is 428 g/mol. The summed E-state index contributed by atoms with van der Waals surface area (Å²) in [5, 5.41) is 10.2. The Morgan fingerprint density at radius 2 is 1.29 bits per heavy atom. The highest BCUT2D eigenvalue weighted by atomic mass is 16.5. The molecular formula is C26H34N6O2. The van der Waals surface area contributed by atoms with Crippen molar-refractivity contribution in [1.29, 1.82) is 0 Å². The molecule has 1 aliphatic carbocycles. The minimum atomic E-state index is 0.400. The van der Waals surface area contributed by atoms with Gasteiger partial charge in [-0.25, -0.2) is 0 Å². The van der Waals surface area contributed by atoms with Crippen LogP contribution in [-0.4, -0.2) is 35.2 Å². The van der Waals surface area contributed by atoms with Crippen molar-refractivity contribution in [1.82, 2.24) is 15.0 Å². The fourth-order valence-corrected chi connectivity index (χ4v) is 4.06. The molecule has 1 saturated carbocycles. The van der Waals surface area contributed by atoms with Gasteiger partial charge in [0.25, 0.3) is 0 Å². The van der Waals surface area contributed by atoms with Crippen LogP contribution in [0.4, 0.5) is 17.8 Å². The molecule has 1 heterocycles. The lowest BCUT2D eigenvalue weighted by atomic mass is 9.96. The van der Waals surface area contributed by atoms with Gasteiger partial charge in [-0.05, 0) is 43.0 Å². The van der Waals surface area contributed by atoms with E-state index in [1.807, 2.05) is 18.2 Å². The van der Waals surface area contributed by atoms with Gasteiger partial charge in [0.05, 0.1) is 14.2 Å². The molecule has 2 aromatic carbocycles. The highest BCUT2D eigenvalue weighted by molar-refractivity contribution is 5.45. The van der Waals surface area contributed by atoms with Crippen LogP contribution in [0.15, 0.2) is 42.5 Å². The molecule has 1 aliphatic rings. The van der Waals surface area contributed by atoms with Crippen LogP contribution in [0.2, 0.25) is 0 Å². The average Bonchev–Trinajstić information content (AvgIpc) is 2.87. The molecule has 0 spiro atoms. The summed E-state index contributed by atoms with van der Waals surface area (Å²) in [4.78, 5) is 13.9. The summed E-state index contributed by atoms with van der Waals surface area (Å²) >= 11 is 0. The summed E-state index contributed by atoms with van der Waals surface area (Å²) in [5.41, 5.74) is 3.42. The Morgan fingerprint density at radius 1 is 0.735 bits per heavy atom. The molecule has 4 rings (SSSR count). The van der Waals surface area contributed by atoms with Crippen molar-refractivity contribution in [2.24, 2.45) is 0 Å². The topological polar surface area (TPSA) is 93.2 Å². The maximum Gasteiger partial charge on any atom is 0.229 e. The molecule has 1 fully saturated rings. The quantitative estimate of drug-likeness (QED) is 0.380. The van der Waals surface area contributed by atoms with Gasteiger partial charge in [-0.2, -0.15) is 15.0 Å². The highest BCUT2D eigenvalue weighted by Crippen LogP contribution is 2.24. The van der Waals surface area contributed by atoms with Crippen molar-refractivity contribution in [2.75, 3.05) is 30.2 Å². The number of hydrogen-bond acceptors (Lipinski definition) is 8. The van der Waals surface area contributed by atoms with Crippen LogP contribution in [-0.2, 0) is 13.1 Å². The summed E-state index contributed by atoms with van der Waals surface area (Å²) in [6.45, 7) is 3.25. The Bertz CT molecular complexity index is 1050. The molecule has 8 nitrogen and oxygen atoms in total.